The Balaban J connectivity index is 2.46. The summed E-state index contributed by atoms with van der Waals surface area (Å²) in [6, 6.07) is 7.08. The van der Waals surface area contributed by atoms with Crippen molar-refractivity contribution in [1.82, 2.24) is 4.90 Å². The Morgan fingerprint density at radius 1 is 1.29 bits per heavy atom. The number of anilines is 1. The van der Waals surface area contributed by atoms with E-state index in [2.05, 4.69) is 10.1 Å². The molecule has 0 bridgehead atoms. The van der Waals surface area contributed by atoms with Crippen molar-refractivity contribution in [2.45, 2.75) is 19.8 Å². The van der Waals surface area contributed by atoms with Gasteiger partial charge in [0, 0.05) is 13.0 Å². The van der Waals surface area contributed by atoms with Crippen LogP contribution in [0.1, 0.15) is 19.8 Å². The van der Waals surface area contributed by atoms with Crippen molar-refractivity contribution >= 4 is 29.2 Å². The Labute approximate surface area is 130 Å². The summed E-state index contributed by atoms with van der Waals surface area (Å²) in [4.78, 5) is 25.1. The SMILES string of the molecule is CCCN(CCC(=O)Nc1ccccc1Cl)CC(=O)OC. The van der Waals surface area contributed by atoms with Crippen LogP contribution in [0.3, 0.4) is 0 Å². The van der Waals surface area contributed by atoms with E-state index in [0.29, 0.717) is 23.7 Å². The molecule has 0 unspecified atom stereocenters. The molecule has 0 aromatic heterocycles. The lowest BCUT2D eigenvalue weighted by atomic mass is 10.3. The predicted molar refractivity (Wildman–Crippen MR) is 83.4 cm³/mol. The van der Waals surface area contributed by atoms with Crippen LogP contribution in [0.2, 0.25) is 5.02 Å². The minimum absolute atomic E-state index is 0.130. The highest BCUT2D eigenvalue weighted by atomic mass is 35.5. The van der Waals surface area contributed by atoms with Crippen molar-refractivity contribution in [3.63, 3.8) is 0 Å². The molecule has 0 fully saturated rings. The Morgan fingerprint density at radius 3 is 2.62 bits per heavy atom. The highest BCUT2D eigenvalue weighted by molar-refractivity contribution is 6.33. The number of ether oxygens (including phenoxy) is 1. The van der Waals surface area contributed by atoms with Crippen LogP contribution in [0.25, 0.3) is 0 Å². The molecule has 0 aliphatic rings. The minimum atomic E-state index is -0.296. The quantitative estimate of drug-likeness (QED) is 0.750. The number of rotatable bonds is 8. The Hall–Kier alpha value is -1.59. The summed E-state index contributed by atoms with van der Waals surface area (Å²) in [5.41, 5.74) is 0.596. The van der Waals surface area contributed by atoms with Crippen molar-refractivity contribution in [2.75, 3.05) is 32.1 Å². The van der Waals surface area contributed by atoms with Gasteiger partial charge in [-0.2, -0.15) is 0 Å². The Morgan fingerprint density at radius 2 is 2.00 bits per heavy atom. The molecule has 1 rings (SSSR count). The number of amides is 1. The fraction of sp³-hybridized carbons (Fsp3) is 0.467. The van der Waals surface area contributed by atoms with Gasteiger partial charge in [0.05, 0.1) is 24.4 Å². The second kappa shape index (κ2) is 9.37. The number of nitrogens with zero attached hydrogens (tertiary/aromatic N) is 1. The molecular formula is C15H21ClN2O3. The second-order valence-corrected chi connectivity index (χ2v) is 5.04. The maximum atomic E-state index is 11.9. The van der Waals surface area contributed by atoms with E-state index in [1.54, 1.807) is 18.2 Å². The Bertz CT molecular complexity index is 480. The third-order valence-corrected chi connectivity index (χ3v) is 3.25. The number of methoxy groups -OCH3 is 1. The van der Waals surface area contributed by atoms with Crippen molar-refractivity contribution in [1.29, 1.82) is 0 Å². The fourth-order valence-electron chi connectivity index (χ4n) is 1.87. The molecule has 0 aliphatic heterocycles. The largest absolute Gasteiger partial charge is 0.468 e. The van der Waals surface area contributed by atoms with E-state index in [1.807, 2.05) is 17.9 Å². The number of carbonyl (C=O) groups is 2. The first kappa shape index (κ1) is 17.5. The predicted octanol–water partition coefficient (Wildman–Crippen LogP) is 2.55. The molecule has 0 radical (unpaired) electrons. The number of hydrogen-bond donors (Lipinski definition) is 1. The molecule has 5 nitrogen and oxygen atoms in total. The fourth-order valence-corrected chi connectivity index (χ4v) is 2.05. The van der Waals surface area contributed by atoms with Gasteiger partial charge in [0.25, 0.3) is 0 Å². The summed E-state index contributed by atoms with van der Waals surface area (Å²) in [5, 5.41) is 3.27. The van der Waals surface area contributed by atoms with Crippen LogP contribution in [-0.2, 0) is 14.3 Å². The van der Waals surface area contributed by atoms with Crippen LogP contribution < -0.4 is 5.32 Å². The molecule has 1 N–H and O–H groups in total. The second-order valence-electron chi connectivity index (χ2n) is 4.63. The van der Waals surface area contributed by atoms with E-state index in [4.69, 9.17) is 11.6 Å². The van der Waals surface area contributed by atoms with Crippen LogP contribution in [0.5, 0.6) is 0 Å². The summed E-state index contributed by atoms with van der Waals surface area (Å²) in [5.74, 6) is -0.427. The van der Waals surface area contributed by atoms with E-state index in [-0.39, 0.29) is 18.4 Å². The van der Waals surface area contributed by atoms with Crippen molar-refractivity contribution in [2.24, 2.45) is 0 Å². The Kier molecular flexibility index (Phi) is 7.79. The minimum Gasteiger partial charge on any atom is -0.468 e. The number of para-hydroxylation sites is 1. The van der Waals surface area contributed by atoms with Crippen LogP contribution in [0.15, 0.2) is 24.3 Å². The van der Waals surface area contributed by atoms with Gasteiger partial charge >= 0.3 is 5.97 Å². The van der Waals surface area contributed by atoms with Crippen LogP contribution in [0, 0.1) is 0 Å². The normalized spacial score (nSPS) is 10.5. The van der Waals surface area contributed by atoms with Gasteiger partial charge < -0.3 is 10.1 Å². The van der Waals surface area contributed by atoms with Gasteiger partial charge in [-0.3, -0.25) is 14.5 Å². The summed E-state index contributed by atoms with van der Waals surface area (Å²) < 4.78 is 4.65. The van der Waals surface area contributed by atoms with Gasteiger partial charge in [0.1, 0.15) is 0 Å². The van der Waals surface area contributed by atoms with E-state index in [1.165, 1.54) is 7.11 Å². The van der Waals surface area contributed by atoms with Crippen molar-refractivity contribution in [3.8, 4) is 0 Å². The number of hydrogen-bond acceptors (Lipinski definition) is 4. The van der Waals surface area contributed by atoms with Gasteiger partial charge in [-0.1, -0.05) is 30.7 Å². The zero-order valence-corrected chi connectivity index (χ0v) is 13.2. The summed E-state index contributed by atoms with van der Waals surface area (Å²) in [7, 11) is 1.36. The van der Waals surface area contributed by atoms with Crippen LogP contribution in [0.4, 0.5) is 5.69 Å². The first-order chi connectivity index (χ1) is 10.1. The molecule has 21 heavy (non-hydrogen) atoms. The lowest BCUT2D eigenvalue weighted by Crippen LogP contribution is -2.34. The average Bonchev–Trinajstić information content (AvgIpc) is 2.47. The number of halogens is 1. The van der Waals surface area contributed by atoms with Gasteiger partial charge in [-0.15, -0.1) is 0 Å². The van der Waals surface area contributed by atoms with E-state index in [0.717, 1.165) is 13.0 Å². The van der Waals surface area contributed by atoms with Gasteiger partial charge in [0.15, 0.2) is 0 Å². The number of carbonyl (C=O) groups excluding carboxylic acids is 2. The van der Waals surface area contributed by atoms with Crippen LogP contribution >= 0.6 is 11.6 Å². The van der Waals surface area contributed by atoms with Gasteiger partial charge in [0.2, 0.25) is 5.91 Å². The van der Waals surface area contributed by atoms with E-state index < -0.39 is 0 Å². The number of esters is 1. The van der Waals surface area contributed by atoms with Crippen molar-refractivity contribution < 1.29 is 14.3 Å². The van der Waals surface area contributed by atoms with Gasteiger partial charge in [-0.25, -0.2) is 0 Å². The smallest absolute Gasteiger partial charge is 0.319 e. The van der Waals surface area contributed by atoms with Crippen molar-refractivity contribution in [3.05, 3.63) is 29.3 Å². The monoisotopic (exact) mass is 312 g/mol. The lowest BCUT2D eigenvalue weighted by Gasteiger charge is -2.19. The summed E-state index contributed by atoms with van der Waals surface area (Å²) in [6.45, 7) is 3.46. The van der Waals surface area contributed by atoms with E-state index in [9.17, 15) is 9.59 Å². The molecule has 1 aromatic carbocycles. The van der Waals surface area contributed by atoms with Gasteiger partial charge in [-0.05, 0) is 25.1 Å². The molecule has 6 heteroatoms. The molecular weight excluding hydrogens is 292 g/mol. The molecule has 0 heterocycles. The molecule has 0 aliphatic carbocycles. The third kappa shape index (κ3) is 6.60. The first-order valence-electron chi connectivity index (χ1n) is 6.90. The summed E-state index contributed by atoms with van der Waals surface area (Å²) in [6.07, 6.45) is 1.20. The molecule has 0 spiro atoms. The maximum Gasteiger partial charge on any atom is 0.319 e. The van der Waals surface area contributed by atoms with Crippen LogP contribution in [-0.4, -0.2) is 43.5 Å². The maximum absolute atomic E-state index is 11.9. The average molecular weight is 313 g/mol. The highest BCUT2D eigenvalue weighted by Crippen LogP contribution is 2.20. The molecule has 0 saturated carbocycles. The highest BCUT2D eigenvalue weighted by Gasteiger charge is 2.12. The molecule has 1 amide bonds. The third-order valence-electron chi connectivity index (χ3n) is 2.92. The lowest BCUT2D eigenvalue weighted by molar-refractivity contribution is -0.142. The standard InChI is InChI=1S/C15H21ClN2O3/c1-3-9-18(11-15(20)21-2)10-8-14(19)17-13-7-5-4-6-12(13)16/h4-7H,3,8-11H2,1-2H3,(H,17,19). The molecule has 1 aromatic rings. The van der Waals surface area contributed by atoms with E-state index >= 15 is 0 Å². The zero-order valence-electron chi connectivity index (χ0n) is 12.4. The number of nitrogens with one attached hydrogen (secondary N) is 1. The molecule has 0 atom stereocenters. The zero-order chi connectivity index (χ0) is 15.7. The topological polar surface area (TPSA) is 58.6 Å². The molecule has 0 saturated heterocycles. The molecule has 116 valence electrons. The number of benzene rings is 1. The first-order valence-corrected chi connectivity index (χ1v) is 7.28. The summed E-state index contributed by atoms with van der Waals surface area (Å²) >= 11 is 5.98.